The van der Waals surface area contributed by atoms with E-state index < -0.39 is 0 Å². The van der Waals surface area contributed by atoms with Crippen LogP contribution in [0.5, 0.6) is 5.75 Å². The van der Waals surface area contributed by atoms with Crippen LogP contribution in [0.25, 0.3) is 0 Å². The fraction of sp³-hybridized carbons (Fsp3) is 0.200. The van der Waals surface area contributed by atoms with E-state index in [4.69, 9.17) is 27.9 Å². The Morgan fingerprint density at radius 2 is 1.89 bits per heavy atom. The molecule has 100 valence electrons. The quantitative estimate of drug-likeness (QED) is 0.633. The van der Waals surface area contributed by atoms with Crippen LogP contribution in [0.1, 0.15) is 16.7 Å². The molecule has 19 heavy (non-hydrogen) atoms. The zero-order valence-corrected chi connectivity index (χ0v) is 13.5. The lowest BCUT2D eigenvalue weighted by Gasteiger charge is -2.10. The Balaban J connectivity index is 2.10. The van der Waals surface area contributed by atoms with Crippen LogP contribution in [0.3, 0.4) is 0 Å². The molecule has 0 aliphatic rings. The lowest BCUT2D eigenvalue weighted by molar-refractivity contribution is 0.306. The van der Waals surface area contributed by atoms with E-state index in [-0.39, 0.29) is 0 Å². The largest absolute Gasteiger partial charge is 0.489 e. The average molecular weight is 360 g/mol. The molecule has 0 aromatic heterocycles. The summed E-state index contributed by atoms with van der Waals surface area (Å²) < 4.78 is 6.74. The van der Waals surface area contributed by atoms with Gasteiger partial charge in [0.25, 0.3) is 0 Å². The molecule has 0 spiro atoms. The minimum Gasteiger partial charge on any atom is -0.489 e. The van der Waals surface area contributed by atoms with Gasteiger partial charge in [-0.05, 0) is 42.3 Å². The van der Waals surface area contributed by atoms with Gasteiger partial charge in [0, 0.05) is 20.9 Å². The number of hydrogen-bond donors (Lipinski definition) is 0. The van der Waals surface area contributed by atoms with Gasteiger partial charge in [-0.15, -0.1) is 11.6 Å². The number of alkyl halides is 1. The van der Waals surface area contributed by atoms with E-state index in [1.54, 1.807) is 0 Å². The van der Waals surface area contributed by atoms with Crippen LogP contribution in [0.4, 0.5) is 0 Å². The van der Waals surface area contributed by atoms with Crippen LogP contribution >= 0.6 is 39.1 Å². The summed E-state index contributed by atoms with van der Waals surface area (Å²) in [5.41, 5.74) is 3.12. The summed E-state index contributed by atoms with van der Waals surface area (Å²) in [5, 5.41) is 0.731. The van der Waals surface area contributed by atoms with E-state index in [9.17, 15) is 0 Å². The molecular weight excluding hydrogens is 347 g/mol. The molecular formula is C15H13BrCl2O. The van der Waals surface area contributed by atoms with Crippen LogP contribution in [-0.4, -0.2) is 0 Å². The highest BCUT2D eigenvalue weighted by molar-refractivity contribution is 9.10. The maximum absolute atomic E-state index is 6.17. The lowest BCUT2D eigenvalue weighted by Crippen LogP contribution is -1.97. The van der Waals surface area contributed by atoms with Gasteiger partial charge in [0.2, 0.25) is 0 Å². The molecule has 2 rings (SSSR count). The van der Waals surface area contributed by atoms with Crippen molar-refractivity contribution in [3.05, 3.63) is 62.6 Å². The molecule has 0 unspecified atom stereocenters. The number of halogens is 3. The molecule has 0 saturated heterocycles. The topological polar surface area (TPSA) is 9.23 Å². The van der Waals surface area contributed by atoms with Crippen molar-refractivity contribution in [2.24, 2.45) is 0 Å². The number of hydrogen-bond acceptors (Lipinski definition) is 1. The minimum absolute atomic E-state index is 0.447. The number of rotatable bonds is 4. The molecule has 0 saturated carbocycles. The zero-order valence-electron chi connectivity index (χ0n) is 10.4. The summed E-state index contributed by atoms with van der Waals surface area (Å²) in [5.74, 6) is 1.23. The number of benzene rings is 2. The van der Waals surface area contributed by atoms with E-state index in [0.717, 1.165) is 31.9 Å². The van der Waals surface area contributed by atoms with Gasteiger partial charge >= 0.3 is 0 Å². The summed E-state index contributed by atoms with van der Waals surface area (Å²) in [6.07, 6.45) is 0. The first-order valence-corrected chi connectivity index (χ1v) is 7.53. The molecule has 0 bridgehead atoms. The summed E-state index contributed by atoms with van der Waals surface area (Å²) in [4.78, 5) is 0. The highest BCUT2D eigenvalue weighted by Crippen LogP contribution is 2.25. The molecule has 0 aliphatic carbocycles. The van der Waals surface area contributed by atoms with Gasteiger partial charge < -0.3 is 4.74 Å². The van der Waals surface area contributed by atoms with Gasteiger partial charge in [0.1, 0.15) is 12.4 Å². The highest BCUT2D eigenvalue weighted by atomic mass is 79.9. The first kappa shape index (κ1) is 14.7. The van der Waals surface area contributed by atoms with E-state index in [2.05, 4.69) is 15.9 Å². The van der Waals surface area contributed by atoms with Crippen molar-refractivity contribution in [3.63, 3.8) is 0 Å². The van der Waals surface area contributed by atoms with Crippen molar-refractivity contribution in [2.75, 3.05) is 0 Å². The Morgan fingerprint density at radius 3 is 2.58 bits per heavy atom. The normalized spacial score (nSPS) is 10.5. The Kier molecular flexibility index (Phi) is 5.14. The summed E-state index contributed by atoms with van der Waals surface area (Å²) >= 11 is 15.5. The molecule has 4 heteroatoms. The molecule has 0 fully saturated rings. The maximum atomic E-state index is 6.17. The predicted molar refractivity (Wildman–Crippen MR) is 84.2 cm³/mol. The first-order chi connectivity index (χ1) is 9.10. The summed E-state index contributed by atoms with van der Waals surface area (Å²) in [6, 6.07) is 11.7. The van der Waals surface area contributed by atoms with E-state index in [1.165, 1.54) is 0 Å². The molecule has 0 radical (unpaired) electrons. The Labute approximate surface area is 131 Å². The number of aryl methyl sites for hydroxylation is 1. The Morgan fingerprint density at radius 1 is 1.11 bits per heavy atom. The molecule has 0 atom stereocenters. The smallest absolute Gasteiger partial charge is 0.120 e. The zero-order chi connectivity index (χ0) is 13.8. The SMILES string of the molecule is Cc1ccc(COc2ccc(Br)c(CCl)c2)c(Cl)c1. The monoisotopic (exact) mass is 358 g/mol. The molecule has 0 amide bonds. The Bertz CT molecular complexity index is 584. The molecule has 1 nitrogen and oxygen atoms in total. The third-order valence-corrected chi connectivity index (χ3v) is 4.18. The predicted octanol–water partition coefficient (Wildman–Crippen LogP) is 5.73. The van der Waals surface area contributed by atoms with Crippen LogP contribution in [0.15, 0.2) is 40.9 Å². The van der Waals surface area contributed by atoms with Crippen molar-refractivity contribution in [2.45, 2.75) is 19.4 Å². The number of ether oxygens (including phenoxy) is 1. The molecule has 2 aromatic rings. The van der Waals surface area contributed by atoms with Gasteiger partial charge in [-0.3, -0.25) is 0 Å². The second-order valence-electron chi connectivity index (χ2n) is 4.27. The second-order valence-corrected chi connectivity index (χ2v) is 5.80. The molecule has 0 N–H and O–H groups in total. The van der Waals surface area contributed by atoms with Gasteiger partial charge in [-0.25, -0.2) is 0 Å². The minimum atomic E-state index is 0.447. The average Bonchev–Trinajstić information content (AvgIpc) is 2.39. The molecule has 0 aliphatic heterocycles. The third kappa shape index (κ3) is 3.88. The van der Waals surface area contributed by atoms with Gasteiger partial charge in [0.15, 0.2) is 0 Å². The van der Waals surface area contributed by atoms with Crippen LogP contribution in [-0.2, 0) is 12.5 Å². The Hall–Kier alpha value is -0.700. The van der Waals surface area contributed by atoms with Crippen LogP contribution < -0.4 is 4.74 Å². The summed E-state index contributed by atoms with van der Waals surface area (Å²) in [7, 11) is 0. The molecule has 2 aromatic carbocycles. The van der Waals surface area contributed by atoms with Crippen molar-refractivity contribution in [3.8, 4) is 5.75 Å². The lowest BCUT2D eigenvalue weighted by atomic mass is 10.1. The maximum Gasteiger partial charge on any atom is 0.120 e. The van der Waals surface area contributed by atoms with Crippen molar-refractivity contribution in [1.82, 2.24) is 0 Å². The van der Waals surface area contributed by atoms with Gasteiger partial charge in [-0.2, -0.15) is 0 Å². The standard InChI is InChI=1S/C15H13BrCl2O/c1-10-2-3-11(15(18)6-10)9-19-13-4-5-14(16)12(7-13)8-17/h2-7H,8-9H2,1H3. The van der Waals surface area contributed by atoms with Crippen LogP contribution in [0.2, 0.25) is 5.02 Å². The fourth-order valence-electron chi connectivity index (χ4n) is 1.67. The van der Waals surface area contributed by atoms with Crippen molar-refractivity contribution >= 4 is 39.1 Å². The molecule has 0 heterocycles. The highest BCUT2D eigenvalue weighted by Gasteiger charge is 2.04. The van der Waals surface area contributed by atoms with Crippen molar-refractivity contribution < 1.29 is 4.74 Å². The van der Waals surface area contributed by atoms with Crippen molar-refractivity contribution in [1.29, 1.82) is 0 Å². The van der Waals surface area contributed by atoms with Crippen LogP contribution in [0, 0.1) is 6.92 Å². The van der Waals surface area contributed by atoms with E-state index >= 15 is 0 Å². The van der Waals surface area contributed by atoms with E-state index in [1.807, 2.05) is 43.3 Å². The van der Waals surface area contributed by atoms with E-state index in [0.29, 0.717) is 12.5 Å². The fourth-order valence-corrected chi connectivity index (χ4v) is 2.73. The van der Waals surface area contributed by atoms with Gasteiger partial charge in [-0.1, -0.05) is 39.7 Å². The third-order valence-electron chi connectivity index (χ3n) is 2.76. The first-order valence-electron chi connectivity index (χ1n) is 5.82. The van der Waals surface area contributed by atoms with Gasteiger partial charge in [0.05, 0.1) is 0 Å². The second kappa shape index (κ2) is 6.65. The summed E-state index contributed by atoms with van der Waals surface area (Å²) in [6.45, 7) is 2.46.